The molecule has 4 rings (SSSR count). The molecule has 0 spiro atoms. The van der Waals surface area contributed by atoms with Gasteiger partial charge in [-0.15, -0.1) is 0 Å². The number of aliphatic imine (C=N–C) groups is 1. The number of halogens is 2. The van der Waals surface area contributed by atoms with Crippen molar-refractivity contribution in [2.75, 3.05) is 6.61 Å². The van der Waals surface area contributed by atoms with Gasteiger partial charge in [0.15, 0.2) is 5.70 Å². The van der Waals surface area contributed by atoms with Gasteiger partial charge in [-0.1, -0.05) is 36.4 Å². The van der Waals surface area contributed by atoms with E-state index in [0.29, 0.717) is 17.7 Å². The summed E-state index contributed by atoms with van der Waals surface area (Å²) in [6.07, 6.45) is 2.44. The van der Waals surface area contributed by atoms with Crippen molar-refractivity contribution in [3.05, 3.63) is 106 Å². The van der Waals surface area contributed by atoms with Gasteiger partial charge >= 0.3 is 5.97 Å². The monoisotopic (exact) mass is 680 g/mol. The van der Waals surface area contributed by atoms with Crippen molar-refractivity contribution in [2.24, 2.45) is 4.99 Å². The maximum absolute atomic E-state index is 12.4. The first kappa shape index (κ1) is 24.3. The number of nitrogens with zero attached hydrogens (tertiary/aromatic N) is 2. The predicted octanol–water partition coefficient (Wildman–Crippen LogP) is 6.08. The molecule has 0 aromatic heterocycles. The quantitative estimate of drug-likeness (QED) is 0.0993. The summed E-state index contributed by atoms with van der Waals surface area (Å²) < 4.78 is 13.1. The standard InChI is InChI=1S/C25H18I2N2O5/c1-15-7-8-18(14-22(15)29(31)32)24-28-21(25(30)34-24)13-17-11-19(26)23(20(27)12-17)33-10-9-16-5-3-2-4-6-16/h2-8,11-14H,9-10H2,1H3/b21-13-. The second-order valence-electron chi connectivity index (χ2n) is 7.49. The van der Waals surface area contributed by atoms with Gasteiger partial charge in [-0.05, 0) is 87.5 Å². The fourth-order valence-electron chi connectivity index (χ4n) is 3.35. The van der Waals surface area contributed by atoms with Crippen molar-refractivity contribution in [1.29, 1.82) is 0 Å². The number of benzene rings is 3. The minimum absolute atomic E-state index is 0.0459. The van der Waals surface area contributed by atoms with Crippen LogP contribution in [-0.2, 0) is 16.0 Å². The molecule has 172 valence electrons. The Hall–Kier alpha value is -2.80. The number of rotatable bonds is 7. The Morgan fingerprint density at radius 3 is 2.47 bits per heavy atom. The Bertz CT molecular complexity index is 1310. The number of carbonyl (C=O) groups is 1. The Balaban J connectivity index is 1.53. The summed E-state index contributed by atoms with van der Waals surface area (Å²) >= 11 is 4.42. The number of esters is 1. The van der Waals surface area contributed by atoms with Gasteiger partial charge in [-0.25, -0.2) is 9.79 Å². The third kappa shape index (κ3) is 5.63. The fourth-order valence-corrected chi connectivity index (χ4v) is 5.47. The van der Waals surface area contributed by atoms with Crippen molar-refractivity contribution in [3.63, 3.8) is 0 Å². The first-order valence-electron chi connectivity index (χ1n) is 10.3. The maximum Gasteiger partial charge on any atom is 0.363 e. The van der Waals surface area contributed by atoms with Gasteiger partial charge < -0.3 is 9.47 Å². The van der Waals surface area contributed by atoms with Crippen LogP contribution in [0.5, 0.6) is 5.75 Å². The van der Waals surface area contributed by atoms with E-state index in [-0.39, 0.29) is 17.3 Å². The van der Waals surface area contributed by atoms with E-state index in [4.69, 9.17) is 9.47 Å². The topological polar surface area (TPSA) is 91.0 Å². The smallest absolute Gasteiger partial charge is 0.363 e. The minimum atomic E-state index is -0.605. The second-order valence-corrected chi connectivity index (χ2v) is 9.82. The van der Waals surface area contributed by atoms with Crippen LogP contribution in [0.3, 0.4) is 0 Å². The molecule has 1 aliphatic rings. The molecule has 0 unspecified atom stereocenters. The van der Waals surface area contributed by atoms with Crippen molar-refractivity contribution in [2.45, 2.75) is 13.3 Å². The van der Waals surface area contributed by atoms with Crippen LogP contribution in [0.2, 0.25) is 0 Å². The molecular formula is C25H18I2N2O5. The largest absolute Gasteiger partial charge is 0.491 e. The molecule has 0 saturated carbocycles. The average molecular weight is 680 g/mol. The molecule has 0 saturated heterocycles. The number of ether oxygens (including phenoxy) is 2. The summed E-state index contributed by atoms with van der Waals surface area (Å²) in [5, 5.41) is 11.2. The van der Waals surface area contributed by atoms with Gasteiger partial charge in [0, 0.05) is 23.6 Å². The number of hydrogen-bond donors (Lipinski definition) is 0. The van der Waals surface area contributed by atoms with Gasteiger partial charge in [0.2, 0.25) is 5.90 Å². The van der Waals surface area contributed by atoms with Crippen LogP contribution in [-0.4, -0.2) is 23.4 Å². The van der Waals surface area contributed by atoms with E-state index in [1.165, 1.54) is 11.6 Å². The number of nitro benzene ring substituents is 1. The Morgan fingerprint density at radius 2 is 1.79 bits per heavy atom. The van der Waals surface area contributed by atoms with Crippen LogP contribution in [0.25, 0.3) is 6.08 Å². The van der Waals surface area contributed by atoms with Gasteiger partial charge in [0.1, 0.15) is 5.75 Å². The lowest BCUT2D eigenvalue weighted by Crippen LogP contribution is -2.06. The zero-order valence-corrected chi connectivity index (χ0v) is 22.3. The molecule has 0 atom stereocenters. The molecule has 34 heavy (non-hydrogen) atoms. The summed E-state index contributed by atoms with van der Waals surface area (Å²) in [7, 11) is 0. The van der Waals surface area contributed by atoms with Crippen molar-refractivity contribution in [3.8, 4) is 5.75 Å². The molecule has 0 N–H and O–H groups in total. The van der Waals surface area contributed by atoms with Gasteiger partial charge in [-0.2, -0.15) is 0 Å². The highest BCUT2D eigenvalue weighted by atomic mass is 127. The second kappa shape index (κ2) is 10.6. The lowest BCUT2D eigenvalue weighted by Gasteiger charge is -2.11. The lowest BCUT2D eigenvalue weighted by atomic mass is 10.1. The zero-order valence-electron chi connectivity index (χ0n) is 18.0. The molecule has 0 aliphatic carbocycles. The normalized spacial score (nSPS) is 14.1. The SMILES string of the molecule is Cc1ccc(C2=N/C(=C\c3cc(I)c(OCCc4ccccc4)c(I)c3)C(=O)O2)cc1[N+](=O)[O-]. The summed E-state index contributed by atoms with van der Waals surface area (Å²) in [4.78, 5) is 27.4. The molecule has 9 heteroatoms. The van der Waals surface area contributed by atoms with E-state index in [1.807, 2.05) is 30.3 Å². The third-order valence-corrected chi connectivity index (χ3v) is 6.68. The first-order chi connectivity index (χ1) is 16.3. The number of cyclic esters (lactones) is 1. The summed E-state index contributed by atoms with van der Waals surface area (Å²) in [5.74, 6) is 0.237. The van der Waals surface area contributed by atoms with Crippen molar-refractivity contribution >= 4 is 68.8 Å². The predicted molar refractivity (Wildman–Crippen MR) is 146 cm³/mol. The number of nitro groups is 1. The highest BCUT2D eigenvalue weighted by Gasteiger charge is 2.26. The van der Waals surface area contributed by atoms with E-state index >= 15 is 0 Å². The molecule has 3 aromatic rings. The molecule has 1 aliphatic heterocycles. The molecule has 7 nitrogen and oxygen atoms in total. The third-order valence-electron chi connectivity index (χ3n) is 5.08. The van der Waals surface area contributed by atoms with Crippen LogP contribution in [0.4, 0.5) is 5.69 Å². The summed E-state index contributed by atoms with van der Waals surface area (Å²) in [6.45, 7) is 2.20. The van der Waals surface area contributed by atoms with Crippen LogP contribution < -0.4 is 4.74 Å². The molecule has 0 amide bonds. The molecule has 3 aromatic carbocycles. The number of carbonyl (C=O) groups excluding carboxylic acids is 1. The molecule has 0 radical (unpaired) electrons. The van der Waals surface area contributed by atoms with Crippen molar-refractivity contribution in [1.82, 2.24) is 0 Å². The van der Waals surface area contributed by atoms with Gasteiger partial charge in [0.05, 0.1) is 18.7 Å². The van der Waals surface area contributed by atoms with E-state index in [2.05, 4.69) is 62.3 Å². The molecular weight excluding hydrogens is 662 g/mol. The minimum Gasteiger partial charge on any atom is -0.491 e. The average Bonchev–Trinajstić information content (AvgIpc) is 3.16. The Kier molecular flexibility index (Phi) is 7.61. The van der Waals surface area contributed by atoms with Crippen LogP contribution in [0, 0.1) is 24.2 Å². The van der Waals surface area contributed by atoms with Crippen LogP contribution in [0.15, 0.2) is 71.4 Å². The number of hydrogen-bond acceptors (Lipinski definition) is 6. The first-order valence-corrected chi connectivity index (χ1v) is 12.4. The van der Waals surface area contributed by atoms with E-state index in [9.17, 15) is 14.9 Å². The van der Waals surface area contributed by atoms with E-state index in [1.54, 1.807) is 25.1 Å². The van der Waals surface area contributed by atoms with E-state index < -0.39 is 10.9 Å². The number of aryl methyl sites for hydroxylation is 1. The van der Waals surface area contributed by atoms with Crippen LogP contribution in [0.1, 0.15) is 22.3 Å². The lowest BCUT2D eigenvalue weighted by molar-refractivity contribution is -0.385. The van der Waals surface area contributed by atoms with E-state index in [0.717, 1.165) is 24.9 Å². The van der Waals surface area contributed by atoms with Crippen molar-refractivity contribution < 1.29 is 19.2 Å². The van der Waals surface area contributed by atoms with Crippen LogP contribution >= 0.6 is 45.2 Å². The maximum atomic E-state index is 12.4. The molecule has 0 bridgehead atoms. The van der Waals surface area contributed by atoms with Gasteiger partial charge in [-0.3, -0.25) is 10.1 Å². The summed E-state index contributed by atoms with van der Waals surface area (Å²) in [5.41, 5.74) is 2.95. The zero-order chi connectivity index (χ0) is 24.2. The van der Waals surface area contributed by atoms with Gasteiger partial charge in [0.25, 0.3) is 5.69 Å². The highest BCUT2D eigenvalue weighted by molar-refractivity contribution is 14.1. The Morgan fingerprint density at radius 1 is 1.09 bits per heavy atom. The fraction of sp³-hybridized carbons (Fsp3) is 0.120. The molecule has 0 fully saturated rings. The summed E-state index contributed by atoms with van der Waals surface area (Å²) in [6, 6.07) is 18.6. The highest BCUT2D eigenvalue weighted by Crippen LogP contribution is 2.31. The molecule has 1 heterocycles. The Labute approximate surface area is 223 Å².